The third kappa shape index (κ3) is 4.14. The second-order valence-electron chi connectivity index (χ2n) is 5.37. The Morgan fingerprint density at radius 1 is 1.05 bits per heavy atom. The van der Waals surface area contributed by atoms with Crippen LogP contribution < -0.4 is 5.32 Å². The second-order valence-corrected chi connectivity index (χ2v) is 6.29. The van der Waals surface area contributed by atoms with Crippen LogP contribution in [0.25, 0.3) is 0 Å². The first-order valence-electron chi connectivity index (χ1n) is 7.31. The maximum Gasteiger partial charge on any atom is 0.128 e. The van der Waals surface area contributed by atoms with Crippen LogP contribution in [0.15, 0.2) is 46.9 Å². The molecule has 0 fully saturated rings. The van der Waals surface area contributed by atoms with Crippen molar-refractivity contribution in [3.63, 3.8) is 0 Å². The molecular formula is C18H21BrFN. The summed E-state index contributed by atoms with van der Waals surface area (Å²) in [4.78, 5) is 0. The molecule has 0 aromatic heterocycles. The van der Waals surface area contributed by atoms with Crippen molar-refractivity contribution in [2.45, 2.75) is 39.3 Å². The quantitative estimate of drug-likeness (QED) is 0.744. The van der Waals surface area contributed by atoms with Gasteiger partial charge >= 0.3 is 0 Å². The topological polar surface area (TPSA) is 12.0 Å². The molecule has 2 aromatic carbocycles. The molecular weight excluding hydrogens is 329 g/mol. The average Bonchev–Trinajstić information content (AvgIpc) is 2.49. The van der Waals surface area contributed by atoms with Crippen LogP contribution in [0.2, 0.25) is 0 Å². The van der Waals surface area contributed by atoms with Gasteiger partial charge in [0.2, 0.25) is 0 Å². The number of rotatable bonds is 5. The molecule has 0 aliphatic rings. The molecule has 1 nitrogen and oxygen atoms in total. The smallest absolute Gasteiger partial charge is 0.128 e. The van der Waals surface area contributed by atoms with E-state index in [4.69, 9.17) is 0 Å². The number of halogens is 2. The van der Waals surface area contributed by atoms with Crippen LogP contribution >= 0.6 is 15.9 Å². The van der Waals surface area contributed by atoms with Crippen molar-refractivity contribution in [2.75, 3.05) is 0 Å². The molecule has 2 aromatic rings. The van der Waals surface area contributed by atoms with Crippen molar-refractivity contribution >= 4 is 15.9 Å². The van der Waals surface area contributed by atoms with E-state index in [9.17, 15) is 4.39 Å². The molecule has 21 heavy (non-hydrogen) atoms. The number of hydrogen-bond acceptors (Lipinski definition) is 1. The lowest BCUT2D eigenvalue weighted by atomic mass is 10.0. The fourth-order valence-electron chi connectivity index (χ4n) is 2.45. The Morgan fingerprint density at radius 3 is 2.33 bits per heavy atom. The molecule has 2 rings (SSSR count). The molecule has 0 bridgehead atoms. The normalized spacial score (nSPS) is 14.0. The predicted molar refractivity (Wildman–Crippen MR) is 89.9 cm³/mol. The molecule has 0 saturated carbocycles. The summed E-state index contributed by atoms with van der Waals surface area (Å²) in [6.07, 6.45) is 1.04. The molecule has 112 valence electrons. The summed E-state index contributed by atoms with van der Waals surface area (Å²) in [6.45, 7) is 6.24. The Bertz CT molecular complexity index is 595. The Hall–Kier alpha value is -1.19. The molecule has 3 heteroatoms. The fourth-order valence-corrected chi connectivity index (χ4v) is 2.83. The van der Waals surface area contributed by atoms with Crippen molar-refractivity contribution < 1.29 is 4.39 Å². The minimum atomic E-state index is -0.174. The zero-order chi connectivity index (χ0) is 15.4. The fraction of sp³-hybridized carbons (Fsp3) is 0.333. The van der Waals surface area contributed by atoms with Crippen molar-refractivity contribution in [3.05, 3.63) is 69.4 Å². The Labute approximate surface area is 134 Å². The second kappa shape index (κ2) is 7.19. The first-order valence-corrected chi connectivity index (χ1v) is 8.10. The van der Waals surface area contributed by atoms with Gasteiger partial charge in [-0.25, -0.2) is 4.39 Å². The van der Waals surface area contributed by atoms with Crippen LogP contribution in [0.1, 0.15) is 49.5 Å². The Morgan fingerprint density at radius 2 is 1.71 bits per heavy atom. The Balaban J connectivity index is 2.10. The van der Waals surface area contributed by atoms with Gasteiger partial charge in [-0.05, 0) is 49.6 Å². The van der Waals surface area contributed by atoms with Gasteiger partial charge in [0.15, 0.2) is 0 Å². The number of hydrogen-bond donors (Lipinski definition) is 1. The number of nitrogens with one attached hydrogen (secondary N) is 1. The number of benzene rings is 2. The summed E-state index contributed by atoms with van der Waals surface area (Å²) in [5.41, 5.74) is 3.23. The monoisotopic (exact) mass is 349 g/mol. The first-order chi connectivity index (χ1) is 10.0. The highest BCUT2D eigenvalue weighted by Crippen LogP contribution is 2.24. The molecule has 0 heterocycles. The van der Waals surface area contributed by atoms with Crippen LogP contribution in [0.4, 0.5) is 4.39 Å². The highest BCUT2D eigenvalue weighted by Gasteiger charge is 2.14. The lowest BCUT2D eigenvalue weighted by molar-refractivity contribution is 0.473. The van der Waals surface area contributed by atoms with E-state index in [1.54, 1.807) is 6.07 Å². The van der Waals surface area contributed by atoms with Crippen molar-refractivity contribution in [1.82, 2.24) is 5.32 Å². The van der Waals surface area contributed by atoms with E-state index in [1.807, 2.05) is 13.0 Å². The van der Waals surface area contributed by atoms with Crippen LogP contribution in [0, 0.1) is 5.82 Å². The van der Waals surface area contributed by atoms with Crippen LogP contribution in [0.5, 0.6) is 0 Å². The van der Waals surface area contributed by atoms with Gasteiger partial charge in [0.05, 0.1) is 0 Å². The van der Waals surface area contributed by atoms with E-state index in [-0.39, 0.29) is 17.9 Å². The molecule has 0 saturated heterocycles. The average molecular weight is 350 g/mol. The van der Waals surface area contributed by atoms with E-state index in [0.29, 0.717) is 5.56 Å². The van der Waals surface area contributed by atoms with E-state index < -0.39 is 0 Å². The van der Waals surface area contributed by atoms with Crippen LogP contribution in [0.3, 0.4) is 0 Å². The minimum absolute atomic E-state index is 0.0525. The van der Waals surface area contributed by atoms with E-state index in [1.165, 1.54) is 17.2 Å². The van der Waals surface area contributed by atoms with Gasteiger partial charge < -0.3 is 5.32 Å². The van der Waals surface area contributed by atoms with E-state index in [2.05, 4.69) is 59.4 Å². The molecule has 2 unspecified atom stereocenters. The zero-order valence-corrected chi connectivity index (χ0v) is 14.2. The molecule has 2 atom stereocenters. The van der Waals surface area contributed by atoms with Gasteiger partial charge in [-0.1, -0.05) is 47.1 Å². The highest BCUT2D eigenvalue weighted by atomic mass is 79.9. The summed E-state index contributed by atoms with van der Waals surface area (Å²) in [6, 6.07) is 13.8. The van der Waals surface area contributed by atoms with Crippen molar-refractivity contribution in [1.29, 1.82) is 0 Å². The number of aryl methyl sites for hydroxylation is 1. The maximum atomic E-state index is 13.9. The van der Waals surface area contributed by atoms with Gasteiger partial charge in [0, 0.05) is 22.1 Å². The summed E-state index contributed by atoms with van der Waals surface area (Å²) < 4.78 is 14.8. The van der Waals surface area contributed by atoms with Gasteiger partial charge in [-0.3, -0.25) is 0 Å². The standard InChI is InChI=1S/C18H21BrFN/c1-4-14-5-7-15(8-6-14)12(2)21-13(3)17-11-16(19)9-10-18(17)20/h5-13,21H,4H2,1-3H3. The minimum Gasteiger partial charge on any atom is -0.304 e. The third-order valence-electron chi connectivity index (χ3n) is 3.81. The van der Waals surface area contributed by atoms with E-state index in [0.717, 1.165) is 10.9 Å². The lowest BCUT2D eigenvalue weighted by Gasteiger charge is -2.21. The predicted octanol–water partition coefficient (Wildman–Crippen LogP) is 5.56. The molecule has 0 amide bonds. The van der Waals surface area contributed by atoms with Gasteiger partial charge in [-0.15, -0.1) is 0 Å². The lowest BCUT2D eigenvalue weighted by Crippen LogP contribution is -2.23. The summed E-state index contributed by atoms with van der Waals surface area (Å²) in [7, 11) is 0. The molecule has 1 N–H and O–H groups in total. The largest absolute Gasteiger partial charge is 0.304 e. The summed E-state index contributed by atoms with van der Waals surface area (Å²) in [5.74, 6) is -0.174. The van der Waals surface area contributed by atoms with Gasteiger partial charge in [0.1, 0.15) is 5.82 Å². The first kappa shape index (κ1) is 16.2. The highest BCUT2D eigenvalue weighted by molar-refractivity contribution is 9.10. The Kier molecular flexibility index (Phi) is 5.54. The zero-order valence-electron chi connectivity index (χ0n) is 12.7. The SMILES string of the molecule is CCc1ccc(C(C)NC(C)c2cc(Br)ccc2F)cc1. The summed E-state index contributed by atoms with van der Waals surface area (Å²) in [5, 5.41) is 3.46. The third-order valence-corrected chi connectivity index (χ3v) is 4.31. The molecule has 0 aliphatic heterocycles. The van der Waals surface area contributed by atoms with Crippen LogP contribution in [-0.2, 0) is 6.42 Å². The summed E-state index contributed by atoms with van der Waals surface area (Å²) >= 11 is 3.40. The van der Waals surface area contributed by atoms with Gasteiger partial charge in [0.25, 0.3) is 0 Å². The maximum absolute atomic E-state index is 13.9. The molecule has 0 radical (unpaired) electrons. The van der Waals surface area contributed by atoms with Crippen molar-refractivity contribution in [2.24, 2.45) is 0 Å². The van der Waals surface area contributed by atoms with Crippen LogP contribution in [-0.4, -0.2) is 0 Å². The molecule has 0 aliphatic carbocycles. The van der Waals surface area contributed by atoms with Crippen molar-refractivity contribution in [3.8, 4) is 0 Å². The van der Waals surface area contributed by atoms with Gasteiger partial charge in [-0.2, -0.15) is 0 Å². The van der Waals surface area contributed by atoms with E-state index >= 15 is 0 Å². The molecule has 0 spiro atoms.